The Balaban J connectivity index is 2.38. The fraction of sp³-hybridized carbons (Fsp3) is 0.111. The van der Waals surface area contributed by atoms with Crippen molar-refractivity contribution in [2.75, 3.05) is 7.11 Å². The molecule has 26 heavy (non-hydrogen) atoms. The van der Waals surface area contributed by atoms with Crippen LogP contribution in [0.15, 0.2) is 38.8 Å². The molecular formula is C18H10Br2Cl2N2O2. The Labute approximate surface area is 177 Å². The second kappa shape index (κ2) is 9.30. The topological polar surface area (TPSA) is 66.0 Å². The molecule has 0 aliphatic heterocycles. The lowest BCUT2D eigenvalue weighted by Gasteiger charge is -2.15. The van der Waals surface area contributed by atoms with Crippen LogP contribution in [0.3, 0.4) is 0 Å². The molecule has 2 rings (SSSR count). The molecule has 0 fully saturated rings. The van der Waals surface area contributed by atoms with E-state index >= 15 is 0 Å². The van der Waals surface area contributed by atoms with E-state index in [0.717, 1.165) is 5.56 Å². The quantitative estimate of drug-likeness (QED) is 0.423. The van der Waals surface area contributed by atoms with Crippen LogP contribution in [0, 0.1) is 22.7 Å². The first-order valence-electron chi connectivity index (χ1n) is 7.05. The Morgan fingerprint density at radius 3 is 2.38 bits per heavy atom. The van der Waals surface area contributed by atoms with Gasteiger partial charge >= 0.3 is 0 Å². The third kappa shape index (κ3) is 4.72. The summed E-state index contributed by atoms with van der Waals surface area (Å²) in [6.45, 7) is 0.245. The minimum absolute atomic E-state index is 0.0240. The number of ether oxygens (including phenoxy) is 2. The summed E-state index contributed by atoms with van der Waals surface area (Å²) in [6.07, 6.45) is 1.46. The molecule has 0 saturated carbocycles. The fourth-order valence-corrected chi connectivity index (χ4v) is 3.29. The van der Waals surface area contributed by atoms with E-state index in [1.54, 1.807) is 18.2 Å². The first-order chi connectivity index (χ1) is 12.4. The number of halogens is 4. The molecule has 0 aliphatic rings. The summed E-state index contributed by atoms with van der Waals surface area (Å²) in [4.78, 5) is 0. The van der Waals surface area contributed by atoms with Gasteiger partial charge in [0.25, 0.3) is 0 Å². The van der Waals surface area contributed by atoms with Gasteiger partial charge in [0.05, 0.1) is 21.6 Å². The highest BCUT2D eigenvalue weighted by Gasteiger charge is 2.17. The molecule has 4 nitrogen and oxygen atoms in total. The third-order valence-corrected chi connectivity index (χ3v) is 6.17. The van der Waals surface area contributed by atoms with Gasteiger partial charge in [0.1, 0.15) is 24.3 Å². The van der Waals surface area contributed by atoms with Crippen LogP contribution in [0.2, 0.25) is 10.0 Å². The van der Waals surface area contributed by atoms with Crippen LogP contribution < -0.4 is 9.47 Å². The zero-order valence-corrected chi connectivity index (χ0v) is 18.0. The van der Waals surface area contributed by atoms with Crippen LogP contribution in [0.1, 0.15) is 11.1 Å². The number of benzene rings is 2. The number of hydrogen-bond acceptors (Lipinski definition) is 4. The number of methoxy groups -OCH3 is 1. The van der Waals surface area contributed by atoms with Crippen molar-refractivity contribution in [3.05, 3.63) is 60.0 Å². The second-order valence-electron chi connectivity index (χ2n) is 4.94. The van der Waals surface area contributed by atoms with E-state index in [0.29, 0.717) is 36.1 Å². The van der Waals surface area contributed by atoms with Crippen molar-refractivity contribution < 1.29 is 9.47 Å². The highest BCUT2D eigenvalue weighted by Crippen LogP contribution is 2.43. The van der Waals surface area contributed by atoms with E-state index in [1.165, 1.54) is 13.2 Å². The van der Waals surface area contributed by atoms with Gasteiger partial charge in [0, 0.05) is 4.47 Å². The molecule has 0 aliphatic carbocycles. The highest BCUT2D eigenvalue weighted by molar-refractivity contribution is 9.13. The Kier molecular flexibility index (Phi) is 7.37. The lowest BCUT2D eigenvalue weighted by atomic mass is 10.1. The molecule has 0 unspecified atom stereocenters. The van der Waals surface area contributed by atoms with Crippen LogP contribution in [-0.2, 0) is 6.61 Å². The van der Waals surface area contributed by atoms with E-state index in [1.807, 2.05) is 18.2 Å². The Bertz CT molecular complexity index is 947. The van der Waals surface area contributed by atoms with Crippen molar-refractivity contribution in [2.24, 2.45) is 0 Å². The SMILES string of the molecule is COc1cc(C=C(C#N)C#N)c(Br)c(Br)c1OCc1ccc(Cl)c(Cl)c1. The molecule has 8 heteroatoms. The van der Waals surface area contributed by atoms with Crippen LogP contribution in [0.4, 0.5) is 0 Å². The molecule has 0 radical (unpaired) electrons. The summed E-state index contributed by atoms with van der Waals surface area (Å²) < 4.78 is 12.5. The molecule has 0 atom stereocenters. The van der Waals surface area contributed by atoms with Gasteiger partial charge in [0.2, 0.25) is 0 Å². The normalized spacial score (nSPS) is 9.81. The highest BCUT2D eigenvalue weighted by atomic mass is 79.9. The van der Waals surface area contributed by atoms with E-state index in [9.17, 15) is 0 Å². The molecule has 2 aromatic rings. The van der Waals surface area contributed by atoms with Gasteiger partial charge in [-0.2, -0.15) is 10.5 Å². The van der Waals surface area contributed by atoms with Crippen molar-refractivity contribution in [1.29, 1.82) is 10.5 Å². The molecule has 0 bridgehead atoms. The summed E-state index contributed by atoms with van der Waals surface area (Å²) >= 11 is 18.8. The summed E-state index contributed by atoms with van der Waals surface area (Å²) in [6, 6.07) is 10.6. The standard InChI is InChI=1S/C18H10Br2Cl2N2O2/c1-25-15-6-12(4-11(7-23)8-24)16(19)17(20)18(15)26-9-10-2-3-13(21)14(22)5-10/h2-6H,9H2,1H3. The van der Waals surface area contributed by atoms with Gasteiger partial charge in [-0.25, -0.2) is 0 Å². The number of nitriles is 2. The average Bonchev–Trinajstić information content (AvgIpc) is 2.64. The van der Waals surface area contributed by atoms with Gasteiger partial charge in [0.15, 0.2) is 11.5 Å². The largest absolute Gasteiger partial charge is 0.493 e. The maximum absolute atomic E-state index is 8.94. The molecule has 0 saturated heterocycles. The van der Waals surface area contributed by atoms with Gasteiger partial charge in [-0.05, 0) is 67.3 Å². The zero-order chi connectivity index (χ0) is 19.3. The summed E-state index contributed by atoms with van der Waals surface area (Å²) in [5, 5.41) is 18.8. The Morgan fingerprint density at radius 2 is 1.81 bits per heavy atom. The van der Waals surface area contributed by atoms with E-state index in [4.69, 9.17) is 43.2 Å². The lowest BCUT2D eigenvalue weighted by molar-refractivity contribution is 0.282. The van der Waals surface area contributed by atoms with Crippen LogP contribution >= 0.6 is 55.1 Å². The molecular weight excluding hydrogens is 507 g/mol. The second-order valence-corrected chi connectivity index (χ2v) is 7.34. The summed E-state index contributed by atoms with van der Waals surface area (Å²) in [5.41, 5.74) is 1.42. The smallest absolute Gasteiger partial charge is 0.177 e. The summed E-state index contributed by atoms with van der Waals surface area (Å²) in [5.74, 6) is 0.916. The lowest BCUT2D eigenvalue weighted by Crippen LogP contribution is -2.00. The predicted octanol–water partition coefficient (Wildman–Crippen LogP) is 6.54. The van der Waals surface area contributed by atoms with Gasteiger partial charge in [-0.1, -0.05) is 29.3 Å². The Morgan fingerprint density at radius 1 is 1.12 bits per heavy atom. The van der Waals surface area contributed by atoms with Crippen molar-refractivity contribution in [3.8, 4) is 23.6 Å². The van der Waals surface area contributed by atoms with Crippen molar-refractivity contribution >= 4 is 61.1 Å². The van der Waals surface area contributed by atoms with Crippen LogP contribution in [0.25, 0.3) is 6.08 Å². The molecule has 2 aromatic carbocycles. The Hall–Kier alpha value is -1.70. The number of allylic oxidation sites excluding steroid dienone is 1. The van der Waals surface area contributed by atoms with Crippen LogP contribution in [0.5, 0.6) is 11.5 Å². The minimum atomic E-state index is -0.0240. The van der Waals surface area contributed by atoms with Gasteiger partial charge < -0.3 is 9.47 Å². The molecule has 132 valence electrons. The predicted molar refractivity (Wildman–Crippen MR) is 108 cm³/mol. The first-order valence-corrected chi connectivity index (χ1v) is 9.40. The molecule has 0 spiro atoms. The van der Waals surface area contributed by atoms with Crippen molar-refractivity contribution in [1.82, 2.24) is 0 Å². The minimum Gasteiger partial charge on any atom is -0.493 e. The molecule has 0 N–H and O–H groups in total. The van der Waals surface area contributed by atoms with Crippen LogP contribution in [-0.4, -0.2) is 7.11 Å². The average molecular weight is 517 g/mol. The first kappa shape index (κ1) is 20.6. The number of hydrogen-bond donors (Lipinski definition) is 0. The molecule has 0 heterocycles. The number of nitrogens with zero attached hydrogens (tertiary/aromatic N) is 2. The summed E-state index contributed by atoms with van der Waals surface area (Å²) in [7, 11) is 1.50. The van der Waals surface area contributed by atoms with E-state index < -0.39 is 0 Å². The molecule has 0 amide bonds. The fourth-order valence-electron chi connectivity index (χ4n) is 2.03. The van der Waals surface area contributed by atoms with E-state index in [2.05, 4.69) is 31.9 Å². The van der Waals surface area contributed by atoms with Gasteiger partial charge in [-0.15, -0.1) is 0 Å². The third-order valence-electron chi connectivity index (χ3n) is 3.28. The number of rotatable bonds is 5. The maximum Gasteiger partial charge on any atom is 0.177 e. The van der Waals surface area contributed by atoms with Crippen molar-refractivity contribution in [3.63, 3.8) is 0 Å². The van der Waals surface area contributed by atoms with E-state index in [-0.39, 0.29) is 12.2 Å². The van der Waals surface area contributed by atoms with Gasteiger partial charge in [-0.3, -0.25) is 0 Å². The van der Waals surface area contributed by atoms with Crippen molar-refractivity contribution in [2.45, 2.75) is 6.61 Å². The monoisotopic (exact) mass is 514 g/mol. The molecule has 0 aromatic heterocycles. The maximum atomic E-state index is 8.94. The zero-order valence-electron chi connectivity index (χ0n) is 13.3.